The van der Waals surface area contributed by atoms with Gasteiger partial charge in [0.05, 0.1) is 9.77 Å². The molecule has 3 aromatic carbocycles. The van der Waals surface area contributed by atoms with Crippen molar-refractivity contribution in [1.29, 1.82) is 0 Å². The molecule has 0 atom stereocenters. The Kier molecular flexibility index (Phi) is 4.77. The number of fused-ring (bicyclic) bond motifs is 1. The predicted octanol–water partition coefficient (Wildman–Crippen LogP) is 5.62. The van der Waals surface area contributed by atoms with Crippen LogP contribution in [-0.4, -0.2) is 19.4 Å². The first-order valence-corrected chi connectivity index (χ1v) is 11.8. The maximum Gasteiger partial charge on any atom is 0.216 e. The molecule has 0 aliphatic heterocycles. The van der Waals surface area contributed by atoms with Crippen molar-refractivity contribution in [2.24, 2.45) is 0 Å². The molecule has 31 heavy (non-hydrogen) atoms. The van der Waals surface area contributed by atoms with Crippen LogP contribution in [0.2, 0.25) is 0 Å². The molecule has 0 saturated carbocycles. The second kappa shape index (κ2) is 7.61. The van der Waals surface area contributed by atoms with Crippen LogP contribution >= 0.6 is 11.3 Å². The van der Waals surface area contributed by atoms with E-state index in [9.17, 15) is 13.2 Å². The number of carbonyl (C=O) groups excluding carboxylic acids is 1. The van der Waals surface area contributed by atoms with Gasteiger partial charge in [-0.15, -0.1) is 11.3 Å². The lowest BCUT2D eigenvalue weighted by Gasteiger charge is -2.06. The van der Waals surface area contributed by atoms with Crippen LogP contribution in [0.1, 0.15) is 16.1 Å². The normalized spacial score (nSPS) is 11.6. The highest BCUT2D eigenvalue weighted by molar-refractivity contribution is 7.91. The smallest absolute Gasteiger partial charge is 0.216 e. The van der Waals surface area contributed by atoms with Gasteiger partial charge in [-0.3, -0.25) is 4.79 Å². The number of rotatable bonds is 5. The van der Waals surface area contributed by atoms with Crippen LogP contribution in [0.3, 0.4) is 0 Å². The summed E-state index contributed by atoms with van der Waals surface area (Å²) in [5.74, 6) is -0.435. The maximum absolute atomic E-state index is 13.5. The molecule has 5 aromatic rings. The number of ketones is 1. The van der Waals surface area contributed by atoms with Gasteiger partial charge in [-0.2, -0.15) is 0 Å². The van der Waals surface area contributed by atoms with E-state index in [1.165, 1.54) is 23.5 Å². The summed E-state index contributed by atoms with van der Waals surface area (Å²) in [5.41, 5.74) is 0.122. The molecule has 0 saturated heterocycles. The van der Waals surface area contributed by atoms with Crippen molar-refractivity contribution in [2.75, 3.05) is 0 Å². The Bertz CT molecular complexity index is 1500. The van der Waals surface area contributed by atoms with Gasteiger partial charge in [0, 0.05) is 5.56 Å². The zero-order chi connectivity index (χ0) is 21.4. The summed E-state index contributed by atoms with van der Waals surface area (Å²) in [6.07, 6.45) is 0. The molecular weight excluding hydrogens is 430 g/mol. The summed E-state index contributed by atoms with van der Waals surface area (Å²) in [4.78, 5) is 13.8. The molecule has 0 unspecified atom stereocenters. The molecule has 0 aliphatic rings. The topological polar surface area (TPSA) is 77.2 Å². The molecule has 5 nitrogen and oxygen atoms in total. The van der Waals surface area contributed by atoms with E-state index < -0.39 is 15.6 Å². The average Bonchev–Trinajstić information content (AvgIpc) is 3.49. The van der Waals surface area contributed by atoms with Crippen molar-refractivity contribution in [1.82, 2.24) is 5.16 Å². The molecule has 0 aliphatic carbocycles. The summed E-state index contributed by atoms with van der Waals surface area (Å²) < 4.78 is 32.5. The highest BCUT2D eigenvalue weighted by atomic mass is 32.2. The van der Waals surface area contributed by atoms with Crippen LogP contribution < -0.4 is 0 Å². The van der Waals surface area contributed by atoms with E-state index in [-0.39, 0.29) is 21.2 Å². The Morgan fingerprint density at radius 1 is 0.839 bits per heavy atom. The summed E-state index contributed by atoms with van der Waals surface area (Å²) in [7, 11) is -4.05. The summed E-state index contributed by atoms with van der Waals surface area (Å²) in [6, 6.07) is 24.4. The molecular formula is C24H15NO4S2. The molecule has 0 fully saturated rings. The van der Waals surface area contributed by atoms with Crippen molar-refractivity contribution in [3.8, 4) is 10.6 Å². The Morgan fingerprint density at radius 2 is 1.58 bits per heavy atom. The number of thiophene rings is 1. The molecule has 0 amide bonds. The van der Waals surface area contributed by atoms with E-state index in [0.717, 1.165) is 10.8 Å². The van der Waals surface area contributed by atoms with Crippen LogP contribution in [0.15, 0.2) is 105 Å². The Labute approximate surface area is 182 Å². The molecule has 0 bridgehead atoms. The number of aromatic nitrogens is 1. The predicted molar refractivity (Wildman–Crippen MR) is 119 cm³/mol. The number of carbonyl (C=O) groups is 1. The first-order chi connectivity index (χ1) is 15.1. The summed E-state index contributed by atoms with van der Waals surface area (Å²) in [5, 5.41) is 7.59. The molecule has 0 N–H and O–H groups in total. The van der Waals surface area contributed by atoms with Crippen molar-refractivity contribution >= 4 is 37.7 Å². The second-order valence-corrected chi connectivity index (χ2v) is 9.71. The molecule has 2 aromatic heterocycles. The fourth-order valence-electron chi connectivity index (χ4n) is 3.43. The zero-order valence-electron chi connectivity index (χ0n) is 16.1. The first-order valence-electron chi connectivity index (χ1n) is 9.43. The van der Waals surface area contributed by atoms with Crippen molar-refractivity contribution in [3.05, 3.63) is 102 Å². The second-order valence-electron chi connectivity index (χ2n) is 6.87. The highest BCUT2D eigenvalue weighted by Crippen LogP contribution is 2.37. The number of sulfone groups is 1. The van der Waals surface area contributed by atoms with Gasteiger partial charge in [-0.25, -0.2) is 8.42 Å². The van der Waals surface area contributed by atoms with Crippen LogP contribution in [0.25, 0.3) is 21.4 Å². The molecule has 0 radical (unpaired) electrons. The Hall–Kier alpha value is -3.55. The molecule has 152 valence electrons. The minimum absolute atomic E-state index is 0.0722. The van der Waals surface area contributed by atoms with Crippen LogP contribution in [-0.2, 0) is 9.84 Å². The SMILES string of the molecule is O=C(c1ccc2ccccc2c1)c1noc(-c2cccs2)c1S(=O)(=O)c1ccccc1. The number of hydrogen-bond acceptors (Lipinski definition) is 6. The number of hydrogen-bond donors (Lipinski definition) is 0. The quantitative estimate of drug-likeness (QED) is 0.328. The van der Waals surface area contributed by atoms with Crippen molar-refractivity contribution < 1.29 is 17.7 Å². The first kappa shape index (κ1) is 19.4. The largest absolute Gasteiger partial charge is 0.353 e. The van der Waals surface area contributed by atoms with E-state index in [1.54, 1.807) is 42.5 Å². The third-order valence-electron chi connectivity index (χ3n) is 4.94. The summed E-state index contributed by atoms with van der Waals surface area (Å²) in [6.45, 7) is 0. The lowest BCUT2D eigenvalue weighted by atomic mass is 10.0. The molecule has 5 rings (SSSR count). The van der Waals surface area contributed by atoms with Gasteiger partial charge in [0.1, 0.15) is 0 Å². The van der Waals surface area contributed by atoms with E-state index >= 15 is 0 Å². The van der Waals surface area contributed by atoms with Crippen molar-refractivity contribution in [3.63, 3.8) is 0 Å². The molecule has 2 heterocycles. The third kappa shape index (κ3) is 3.37. The van der Waals surface area contributed by atoms with Gasteiger partial charge in [-0.1, -0.05) is 65.8 Å². The van der Waals surface area contributed by atoms with Crippen LogP contribution in [0.5, 0.6) is 0 Å². The fourth-order valence-corrected chi connectivity index (χ4v) is 5.72. The van der Waals surface area contributed by atoms with E-state index in [2.05, 4.69) is 5.16 Å². The van der Waals surface area contributed by atoms with E-state index in [0.29, 0.717) is 10.4 Å². The van der Waals surface area contributed by atoms with Crippen LogP contribution in [0.4, 0.5) is 0 Å². The zero-order valence-corrected chi connectivity index (χ0v) is 17.7. The van der Waals surface area contributed by atoms with Gasteiger partial charge >= 0.3 is 0 Å². The number of nitrogens with zero attached hydrogens (tertiary/aromatic N) is 1. The number of benzene rings is 3. The lowest BCUT2D eigenvalue weighted by Crippen LogP contribution is -2.11. The minimum Gasteiger partial charge on any atom is -0.353 e. The van der Waals surface area contributed by atoms with Crippen LogP contribution in [0, 0.1) is 0 Å². The lowest BCUT2D eigenvalue weighted by molar-refractivity contribution is 0.102. The highest BCUT2D eigenvalue weighted by Gasteiger charge is 2.34. The molecule has 0 spiro atoms. The molecule has 7 heteroatoms. The van der Waals surface area contributed by atoms with Gasteiger partial charge in [0.25, 0.3) is 0 Å². The maximum atomic E-state index is 13.5. The monoisotopic (exact) mass is 445 g/mol. The van der Waals surface area contributed by atoms with Crippen molar-refractivity contribution in [2.45, 2.75) is 9.79 Å². The fraction of sp³-hybridized carbons (Fsp3) is 0. The standard InChI is InChI=1S/C24H15NO4S2/c26-22(18-13-12-16-7-4-5-8-17(16)15-18)21-24(23(29-25-21)20-11-6-14-30-20)31(27,28)19-9-2-1-3-10-19/h1-15H. The van der Waals surface area contributed by atoms with E-state index in [1.807, 2.05) is 35.7 Å². The van der Waals surface area contributed by atoms with Gasteiger partial charge in [-0.05, 0) is 40.4 Å². The van der Waals surface area contributed by atoms with Gasteiger partial charge < -0.3 is 4.52 Å². The third-order valence-corrected chi connectivity index (χ3v) is 7.62. The Morgan fingerprint density at radius 3 is 2.32 bits per heavy atom. The van der Waals surface area contributed by atoms with Gasteiger partial charge in [0.15, 0.2) is 16.3 Å². The minimum atomic E-state index is -4.05. The average molecular weight is 446 g/mol. The Balaban J connectivity index is 1.71. The van der Waals surface area contributed by atoms with E-state index in [4.69, 9.17) is 4.52 Å². The van der Waals surface area contributed by atoms with Gasteiger partial charge in [0.2, 0.25) is 15.6 Å². The summed E-state index contributed by atoms with van der Waals surface area (Å²) >= 11 is 1.31.